The van der Waals surface area contributed by atoms with Gasteiger partial charge in [-0.2, -0.15) is 0 Å². The van der Waals surface area contributed by atoms with Crippen molar-refractivity contribution in [3.8, 4) is 5.75 Å². The normalized spacial score (nSPS) is 23.1. The molecule has 1 atom stereocenters. The van der Waals surface area contributed by atoms with Gasteiger partial charge in [0.15, 0.2) is 5.96 Å². The fourth-order valence-corrected chi connectivity index (χ4v) is 3.11. The third-order valence-electron chi connectivity index (χ3n) is 4.57. The van der Waals surface area contributed by atoms with E-state index in [2.05, 4.69) is 21.7 Å². The van der Waals surface area contributed by atoms with Crippen LogP contribution >= 0.6 is 0 Å². The third kappa shape index (κ3) is 4.19. The van der Waals surface area contributed by atoms with Crippen molar-refractivity contribution >= 4 is 5.96 Å². The van der Waals surface area contributed by atoms with E-state index < -0.39 is 5.60 Å². The number of fused-ring (bicyclic) bond motifs is 1. The number of aliphatic hydroxyl groups is 1. The lowest BCUT2D eigenvalue weighted by Crippen LogP contribution is -2.44. The molecule has 0 aliphatic carbocycles. The molecule has 24 heavy (non-hydrogen) atoms. The minimum atomic E-state index is -0.756. The van der Waals surface area contributed by atoms with Crippen LogP contribution in [0.25, 0.3) is 0 Å². The van der Waals surface area contributed by atoms with Gasteiger partial charge < -0.3 is 25.2 Å². The van der Waals surface area contributed by atoms with E-state index in [-0.39, 0.29) is 6.04 Å². The van der Waals surface area contributed by atoms with Crippen LogP contribution in [-0.4, -0.2) is 49.6 Å². The zero-order valence-electron chi connectivity index (χ0n) is 14.3. The number of aliphatic imine (C=N–C) groups is 1. The highest BCUT2D eigenvalue weighted by atomic mass is 16.5. The number of hydrogen-bond acceptors (Lipinski definition) is 4. The SMILES string of the molecule is CCNC(=NCC1(O)CCOCC1)NC1CCOc2ccccc21. The molecule has 6 heteroatoms. The minimum absolute atomic E-state index is 0.164. The van der Waals surface area contributed by atoms with Gasteiger partial charge in [0.2, 0.25) is 0 Å². The molecule has 1 fully saturated rings. The lowest BCUT2D eigenvalue weighted by atomic mass is 9.95. The van der Waals surface area contributed by atoms with E-state index in [1.54, 1.807) is 0 Å². The Morgan fingerprint density at radius 2 is 2.08 bits per heavy atom. The fourth-order valence-electron chi connectivity index (χ4n) is 3.11. The Hall–Kier alpha value is -1.79. The summed E-state index contributed by atoms with van der Waals surface area (Å²) >= 11 is 0. The Morgan fingerprint density at radius 1 is 1.29 bits per heavy atom. The number of nitrogens with one attached hydrogen (secondary N) is 2. The average Bonchev–Trinajstić information content (AvgIpc) is 2.61. The minimum Gasteiger partial charge on any atom is -0.493 e. The largest absolute Gasteiger partial charge is 0.493 e. The maximum atomic E-state index is 10.6. The molecule has 1 saturated heterocycles. The first-order chi connectivity index (χ1) is 11.7. The summed E-state index contributed by atoms with van der Waals surface area (Å²) in [6, 6.07) is 8.26. The highest BCUT2D eigenvalue weighted by Gasteiger charge is 2.30. The second-order valence-electron chi connectivity index (χ2n) is 6.40. The Labute approximate surface area is 143 Å². The quantitative estimate of drug-likeness (QED) is 0.576. The van der Waals surface area contributed by atoms with Crippen LogP contribution < -0.4 is 15.4 Å². The van der Waals surface area contributed by atoms with Crippen LogP contribution in [0.2, 0.25) is 0 Å². The molecular weight excluding hydrogens is 306 g/mol. The van der Waals surface area contributed by atoms with Crippen molar-refractivity contribution in [2.75, 3.05) is 32.9 Å². The van der Waals surface area contributed by atoms with Gasteiger partial charge in [0, 0.05) is 44.6 Å². The Bertz CT molecular complexity index is 570. The third-order valence-corrected chi connectivity index (χ3v) is 4.57. The monoisotopic (exact) mass is 333 g/mol. The zero-order valence-corrected chi connectivity index (χ0v) is 14.3. The highest BCUT2D eigenvalue weighted by Crippen LogP contribution is 2.31. The van der Waals surface area contributed by atoms with Gasteiger partial charge in [-0.25, -0.2) is 0 Å². The van der Waals surface area contributed by atoms with Crippen molar-refractivity contribution in [1.82, 2.24) is 10.6 Å². The van der Waals surface area contributed by atoms with Gasteiger partial charge in [-0.1, -0.05) is 18.2 Å². The summed E-state index contributed by atoms with van der Waals surface area (Å²) in [5, 5.41) is 17.3. The lowest BCUT2D eigenvalue weighted by Gasteiger charge is -2.31. The lowest BCUT2D eigenvalue weighted by molar-refractivity contribution is -0.0566. The van der Waals surface area contributed by atoms with Gasteiger partial charge in [-0.05, 0) is 13.0 Å². The number of para-hydroxylation sites is 1. The Kier molecular flexibility index (Phi) is 5.58. The van der Waals surface area contributed by atoms with Gasteiger partial charge in [0.1, 0.15) is 5.75 Å². The molecule has 0 spiro atoms. The molecule has 3 rings (SSSR count). The van der Waals surface area contributed by atoms with Crippen molar-refractivity contribution < 1.29 is 14.6 Å². The molecule has 0 amide bonds. The Morgan fingerprint density at radius 3 is 2.88 bits per heavy atom. The summed E-state index contributed by atoms with van der Waals surface area (Å²) in [4.78, 5) is 4.62. The predicted octanol–water partition coefficient (Wildman–Crippen LogP) is 1.61. The van der Waals surface area contributed by atoms with Gasteiger partial charge in [-0.15, -0.1) is 0 Å². The zero-order chi connectivity index (χ0) is 16.8. The number of rotatable bonds is 4. The van der Waals surface area contributed by atoms with E-state index in [9.17, 15) is 5.11 Å². The molecule has 0 aromatic heterocycles. The average molecular weight is 333 g/mol. The summed E-state index contributed by atoms with van der Waals surface area (Å²) in [6.45, 7) is 5.09. The van der Waals surface area contributed by atoms with E-state index in [1.807, 2.05) is 25.1 Å². The first-order valence-corrected chi connectivity index (χ1v) is 8.77. The fraction of sp³-hybridized carbons (Fsp3) is 0.611. The summed E-state index contributed by atoms with van der Waals surface area (Å²) in [6.07, 6.45) is 2.16. The molecule has 3 N–H and O–H groups in total. The van der Waals surface area contributed by atoms with Crippen molar-refractivity contribution in [1.29, 1.82) is 0 Å². The maximum Gasteiger partial charge on any atom is 0.191 e. The standard InChI is InChI=1S/C18H27N3O3/c1-2-19-17(20-13-18(22)8-11-23-12-9-18)21-15-7-10-24-16-6-4-3-5-14(15)16/h3-6,15,22H,2,7-13H2,1H3,(H2,19,20,21). The van der Waals surface area contributed by atoms with Crippen LogP contribution in [0.4, 0.5) is 0 Å². The molecule has 132 valence electrons. The van der Waals surface area contributed by atoms with Crippen molar-refractivity contribution in [3.63, 3.8) is 0 Å². The van der Waals surface area contributed by atoms with E-state index in [1.165, 1.54) is 0 Å². The van der Waals surface area contributed by atoms with E-state index in [4.69, 9.17) is 9.47 Å². The van der Waals surface area contributed by atoms with Crippen molar-refractivity contribution in [2.24, 2.45) is 4.99 Å². The van der Waals surface area contributed by atoms with Crippen LogP contribution in [0, 0.1) is 0 Å². The van der Waals surface area contributed by atoms with Crippen LogP contribution in [0.1, 0.15) is 37.8 Å². The first kappa shape index (κ1) is 17.0. The number of ether oxygens (including phenoxy) is 2. The van der Waals surface area contributed by atoms with Gasteiger partial charge in [0.25, 0.3) is 0 Å². The molecule has 1 aromatic carbocycles. The summed E-state index contributed by atoms with van der Waals surface area (Å²) in [5.41, 5.74) is 0.396. The predicted molar refractivity (Wildman–Crippen MR) is 93.4 cm³/mol. The van der Waals surface area contributed by atoms with E-state index >= 15 is 0 Å². The summed E-state index contributed by atoms with van der Waals surface area (Å²) in [5.74, 6) is 1.67. The smallest absolute Gasteiger partial charge is 0.191 e. The molecular formula is C18H27N3O3. The molecule has 2 aliphatic heterocycles. The Balaban J connectivity index is 1.69. The molecule has 0 bridgehead atoms. The van der Waals surface area contributed by atoms with Crippen LogP contribution in [0.3, 0.4) is 0 Å². The summed E-state index contributed by atoms with van der Waals surface area (Å²) < 4.78 is 11.0. The van der Waals surface area contributed by atoms with Gasteiger partial charge in [0.05, 0.1) is 24.8 Å². The number of nitrogens with zero attached hydrogens (tertiary/aromatic N) is 1. The maximum absolute atomic E-state index is 10.6. The second-order valence-corrected chi connectivity index (χ2v) is 6.40. The molecule has 1 aromatic rings. The second kappa shape index (κ2) is 7.85. The summed E-state index contributed by atoms with van der Waals surface area (Å²) in [7, 11) is 0. The number of hydrogen-bond donors (Lipinski definition) is 3. The van der Waals surface area contributed by atoms with Gasteiger partial charge >= 0.3 is 0 Å². The van der Waals surface area contributed by atoms with Crippen molar-refractivity contribution in [2.45, 2.75) is 37.8 Å². The molecule has 2 heterocycles. The van der Waals surface area contributed by atoms with Crippen LogP contribution in [0.15, 0.2) is 29.3 Å². The van der Waals surface area contributed by atoms with Gasteiger partial charge in [-0.3, -0.25) is 4.99 Å². The molecule has 6 nitrogen and oxygen atoms in total. The molecule has 0 radical (unpaired) electrons. The molecule has 2 aliphatic rings. The number of guanidine groups is 1. The van der Waals surface area contributed by atoms with E-state index in [0.717, 1.165) is 30.2 Å². The topological polar surface area (TPSA) is 75.1 Å². The highest BCUT2D eigenvalue weighted by molar-refractivity contribution is 5.80. The van der Waals surface area contributed by atoms with Crippen LogP contribution in [0.5, 0.6) is 5.75 Å². The van der Waals surface area contributed by atoms with E-state index in [0.29, 0.717) is 39.2 Å². The molecule has 1 unspecified atom stereocenters. The molecule has 0 saturated carbocycles. The van der Waals surface area contributed by atoms with Crippen LogP contribution in [-0.2, 0) is 4.74 Å². The number of benzene rings is 1. The first-order valence-electron chi connectivity index (χ1n) is 8.77. The van der Waals surface area contributed by atoms with Crippen molar-refractivity contribution in [3.05, 3.63) is 29.8 Å².